The van der Waals surface area contributed by atoms with Gasteiger partial charge >= 0.3 is 12.0 Å². The second-order valence-corrected chi connectivity index (χ2v) is 12.3. The van der Waals surface area contributed by atoms with E-state index in [1.807, 2.05) is 54.2 Å². The average molecular weight is 658 g/mol. The number of amides is 2. The van der Waals surface area contributed by atoms with Crippen molar-refractivity contribution in [1.29, 1.82) is 0 Å². The van der Waals surface area contributed by atoms with Crippen molar-refractivity contribution in [2.24, 2.45) is 13.0 Å². The van der Waals surface area contributed by atoms with Gasteiger partial charge in [0.2, 0.25) is 5.95 Å². The van der Waals surface area contributed by atoms with E-state index in [0.29, 0.717) is 74.8 Å². The lowest BCUT2D eigenvalue weighted by Gasteiger charge is -2.31. The molecule has 0 atom stereocenters. The number of anilines is 4. The summed E-state index contributed by atoms with van der Waals surface area (Å²) in [4.78, 5) is 38.0. The Morgan fingerprint density at radius 1 is 1.04 bits per heavy atom. The molecule has 2 aromatic heterocycles. The molecule has 2 amide bonds. The fourth-order valence-electron chi connectivity index (χ4n) is 6.08. The lowest BCUT2D eigenvalue weighted by molar-refractivity contribution is 0.0378. The minimum atomic E-state index is -0.509. The van der Waals surface area contributed by atoms with E-state index >= 15 is 0 Å². The summed E-state index contributed by atoms with van der Waals surface area (Å²) in [5, 5.41) is 10.3. The maximum atomic E-state index is 13.2. The van der Waals surface area contributed by atoms with Gasteiger partial charge in [0.25, 0.3) is 0 Å². The van der Waals surface area contributed by atoms with Crippen LogP contribution >= 0.6 is 0 Å². The predicted octanol–water partition coefficient (Wildman–Crippen LogP) is 5.34. The molecule has 0 spiro atoms. The predicted molar refractivity (Wildman–Crippen MR) is 184 cm³/mol. The van der Waals surface area contributed by atoms with Crippen LogP contribution in [0.1, 0.15) is 37.0 Å². The van der Waals surface area contributed by atoms with Gasteiger partial charge in [-0.15, -0.1) is 0 Å². The molecule has 2 aliphatic rings. The van der Waals surface area contributed by atoms with Crippen molar-refractivity contribution in [3.8, 4) is 17.0 Å². The highest BCUT2D eigenvalue weighted by Gasteiger charge is 2.24. The molecule has 13 heteroatoms. The van der Waals surface area contributed by atoms with E-state index in [2.05, 4.69) is 25.8 Å². The van der Waals surface area contributed by atoms with E-state index in [4.69, 9.17) is 23.9 Å². The fraction of sp³-hybridized carbons (Fsp3) is 0.429. The first kappa shape index (κ1) is 33.0. The Morgan fingerprint density at radius 3 is 2.54 bits per heavy atom. The molecule has 6 rings (SSSR count). The monoisotopic (exact) mass is 657 g/mol. The van der Waals surface area contributed by atoms with Gasteiger partial charge in [0.1, 0.15) is 11.3 Å². The fourth-order valence-corrected chi connectivity index (χ4v) is 6.08. The molecule has 254 valence electrons. The van der Waals surface area contributed by atoms with Crippen molar-refractivity contribution >= 4 is 45.9 Å². The second kappa shape index (κ2) is 14.9. The van der Waals surface area contributed by atoms with Crippen molar-refractivity contribution in [3.63, 3.8) is 0 Å². The number of urea groups is 1. The van der Waals surface area contributed by atoms with Crippen molar-refractivity contribution in [2.75, 3.05) is 68.7 Å². The van der Waals surface area contributed by atoms with Crippen LogP contribution in [-0.2, 0) is 21.3 Å². The Morgan fingerprint density at radius 2 is 1.79 bits per heavy atom. The van der Waals surface area contributed by atoms with Crippen LogP contribution in [0.2, 0.25) is 0 Å². The standard InChI is InChI=1S/C35H43N7O6/c1-22(2)48-33(43)25-20-36-34(40-32(25)26-21-41(3)29-8-6-5-7-24(26)29)38-28-17-27(39-35(44)37-19-23-9-13-46-14-10-23)30(18-31(28)45-4)42-11-15-47-16-12-42/h5-8,17-18,20-23H,9-16,19H2,1-4H3,(H,36,38,40)(H2,37,39,44). The summed E-state index contributed by atoms with van der Waals surface area (Å²) in [6.07, 6.45) is 4.95. The van der Waals surface area contributed by atoms with Crippen LogP contribution in [0.15, 0.2) is 48.8 Å². The summed E-state index contributed by atoms with van der Waals surface area (Å²) >= 11 is 0. The van der Waals surface area contributed by atoms with Gasteiger partial charge in [0.05, 0.1) is 49.2 Å². The summed E-state index contributed by atoms with van der Waals surface area (Å²) in [6, 6.07) is 11.3. The van der Waals surface area contributed by atoms with Crippen LogP contribution in [-0.4, -0.2) is 85.8 Å². The van der Waals surface area contributed by atoms with Crippen molar-refractivity contribution in [3.05, 3.63) is 54.4 Å². The number of aromatic nitrogens is 3. The topological polar surface area (TPSA) is 141 Å². The van der Waals surface area contributed by atoms with Crippen LogP contribution in [0.5, 0.6) is 5.75 Å². The number of benzene rings is 2. The molecule has 2 aromatic carbocycles. The molecule has 0 bridgehead atoms. The van der Waals surface area contributed by atoms with Gasteiger partial charge in [-0.3, -0.25) is 0 Å². The number of ether oxygens (including phenoxy) is 4. The highest BCUT2D eigenvalue weighted by atomic mass is 16.5. The molecular formula is C35H43N7O6. The molecule has 2 saturated heterocycles. The number of esters is 1. The average Bonchev–Trinajstić information content (AvgIpc) is 3.44. The summed E-state index contributed by atoms with van der Waals surface area (Å²) in [7, 11) is 3.54. The first-order valence-electron chi connectivity index (χ1n) is 16.4. The van der Waals surface area contributed by atoms with E-state index < -0.39 is 5.97 Å². The van der Waals surface area contributed by atoms with E-state index in [0.717, 1.165) is 35.0 Å². The van der Waals surface area contributed by atoms with Crippen LogP contribution in [0.25, 0.3) is 22.2 Å². The molecular weight excluding hydrogens is 614 g/mol. The summed E-state index contributed by atoms with van der Waals surface area (Å²) in [5.41, 5.74) is 4.40. The molecule has 48 heavy (non-hydrogen) atoms. The van der Waals surface area contributed by atoms with Gasteiger partial charge in [-0.05, 0) is 44.7 Å². The highest BCUT2D eigenvalue weighted by molar-refractivity contribution is 6.03. The third kappa shape index (κ3) is 7.47. The van der Waals surface area contributed by atoms with E-state index in [1.54, 1.807) is 21.0 Å². The lowest BCUT2D eigenvalue weighted by atomic mass is 10.0. The number of nitrogens with one attached hydrogen (secondary N) is 3. The van der Waals surface area contributed by atoms with Crippen LogP contribution in [0.4, 0.5) is 27.8 Å². The van der Waals surface area contributed by atoms with Gasteiger partial charge in [-0.25, -0.2) is 19.6 Å². The molecule has 0 radical (unpaired) electrons. The van der Waals surface area contributed by atoms with Crippen LogP contribution < -0.4 is 25.6 Å². The summed E-state index contributed by atoms with van der Waals surface area (Å²) in [5.74, 6) is 0.644. The quantitative estimate of drug-likeness (QED) is 0.192. The summed E-state index contributed by atoms with van der Waals surface area (Å²) in [6.45, 7) is 8.09. The Hall–Kier alpha value is -4.88. The maximum Gasteiger partial charge on any atom is 0.342 e. The number of methoxy groups -OCH3 is 1. The number of hydrogen-bond acceptors (Lipinski definition) is 10. The van der Waals surface area contributed by atoms with Gasteiger partial charge in [-0.2, -0.15) is 0 Å². The van der Waals surface area contributed by atoms with E-state index in [1.165, 1.54) is 6.20 Å². The number of morpholine rings is 1. The Labute approximate surface area is 279 Å². The van der Waals surface area contributed by atoms with Crippen LogP contribution in [0, 0.1) is 5.92 Å². The number of para-hydroxylation sites is 1. The molecule has 13 nitrogen and oxygen atoms in total. The summed E-state index contributed by atoms with van der Waals surface area (Å²) < 4.78 is 24.4. The molecule has 2 aliphatic heterocycles. The van der Waals surface area contributed by atoms with Crippen molar-refractivity contribution < 1.29 is 28.5 Å². The normalized spacial score (nSPS) is 15.4. The molecule has 0 aliphatic carbocycles. The third-order valence-corrected chi connectivity index (χ3v) is 8.56. The zero-order chi connectivity index (χ0) is 33.6. The number of nitrogens with zero attached hydrogens (tertiary/aromatic N) is 4. The Kier molecular flexibility index (Phi) is 10.3. The molecule has 3 N–H and O–H groups in total. The highest BCUT2D eigenvalue weighted by Crippen LogP contribution is 2.39. The number of rotatable bonds is 10. The first-order chi connectivity index (χ1) is 23.3. The SMILES string of the molecule is COc1cc(N2CCOCC2)c(NC(=O)NCC2CCOCC2)cc1Nc1ncc(C(=O)OC(C)C)c(-c2cn(C)c3ccccc23)n1. The zero-order valence-electron chi connectivity index (χ0n) is 27.9. The second-order valence-electron chi connectivity index (χ2n) is 12.3. The van der Waals surface area contributed by atoms with Crippen molar-refractivity contribution in [2.45, 2.75) is 32.8 Å². The largest absolute Gasteiger partial charge is 0.494 e. The number of fused-ring (bicyclic) bond motifs is 1. The van der Waals surface area contributed by atoms with Gasteiger partial charge in [0, 0.05) is 74.8 Å². The van der Waals surface area contributed by atoms with E-state index in [-0.39, 0.29) is 23.6 Å². The smallest absolute Gasteiger partial charge is 0.342 e. The van der Waals surface area contributed by atoms with E-state index in [9.17, 15) is 9.59 Å². The molecule has 4 aromatic rings. The first-order valence-corrected chi connectivity index (χ1v) is 16.4. The number of hydrogen-bond donors (Lipinski definition) is 3. The van der Waals surface area contributed by atoms with Gasteiger partial charge < -0.3 is 44.4 Å². The minimum Gasteiger partial charge on any atom is -0.494 e. The molecule has 4 heterocycles. The number of carbonyl (C=O) groups excluding carboxylic acids is 2. The molecule has 0 saturated carbocycles. The Balaban J connectivity index is 1.35. The van der Waals surface area contributed by atoms with Gasteiger partial charge in [-0.1, -0.05) is 18.2 Å². The number of carbonyl (C=O) groups is 2. The zero-order valence-corrected chi connectivity index (χ0v) is 27.9. The maximum absolute atomic E-state index is 13.2. The van der Waals surface area contributed by atoms with Crippen molar-refractivity contribution in [1.82, 2.24) is 19.9 Å². The van der Waals surface area contributed by atoms with Gasteiger partial charge in [0.15, 0.2) is 0 Å². The third-order valence-electron chi connectivity index (χ3n) is 8.56. The van der Waals surface area contributed by atoms with Crippen LogP contribution in [0.3, 0.4) is 0 Å². The molecule has 2 fully saturated rings. The number of aryl methyl sites for hydroxylation is 1. The Bertz CT molecular complexity index is 1760. The molecule has 0 unspecified atom stereocenters. The minimum absolute atomic E-state index is 0.242. The lowest BCUT2D eigenvalue weighted by Crippen LogP contribution is -2.38.